The highest BCUT2D eigenvalue weighted by molar-refractivity contribution is 6.05. The summed E-state index contributed by atoms with van der Waals surface area (Å²) in [4.78, 5) is 4.69. The Balaban J connectivity index is 2.12. The highest BCUT2D eigenvalue weighted by atomic mass is 14.7. The number of allylic oxidation sites excluding steroid dienone is 4. The molecule has 0 amide bonds. The summed E-state index contributed by atoms with van der Waals surface area (Å²) in [5.74, 6) is 0. The quantitative estimate of drug-likeness (QED) is 0.462. The first-order valence-corrected chi connectivity index (χ1v) is 8.61. The fourth-order valence-corrected chi connectivity index (χ4v) is 3.21. The molecule has 0 aromatic heterocycles. The molecule has 0 saturated carbocycles. The Morgan fingerprint density at radius 3 is 2.65 bits per heavy atom. The van der Waals surface area contributed by atoms with Crippen molar-refractivity contribution in [3.63, 3.8) is 0 Å². The van der Waals surface area contributed by atoms with Crippen molar-refractivity contribution in [1.82, 2.24) is 0 Å². The zero-order chi connectivity index (χ0) is 16.2. The molecule has 1 nitrogen and oxygen atoms in total. The van der Waals surface area contributed by atoms with Crippen LogP contribution in [0.1, 0.15) is 51.2 Å². The van der Waals surface area contributed by atoms with Gasteiger partial charge in [-0.05, 0) is 54.2 Å². The van der Waals surface area contributed by atoms with E-state index in [9.17, 15) is 0 Å². The Bertz CT molecular complexity index is 806. The summed E-state index contributed by atoms with van der Waals surface area (Å²) in [6, 6.07) is 13.1. The number of nitrogens with zero attached hydrogens (tertiary/aromatic N) is 1. The average molecular weight is 303 g/mol. The number of hydrogen-bond donors (Lipinski definition) is 0. The van der Waals surface area contributed by atoms with Gasteiger partial charge in [-0.2, -0.15) is 0 Å². The molecule has 0 bridgehead atoms. The predicted molar refractivity (Wildman–Crippen MR) is 102 cm³/mol. The highest BCUT2D eigenvalue weighted by Gasteiger charge is 2.16. The molecule has 23 heavy (non-hydrogen) atoms. The van der Waals surface area contributed by atoms with E-state index in [0.29, 0.717) is 0 Å². The van der Waals surface area contributed by atoms with Gasteiger partial charge in [-0.1, -0.05) is 61.4 Å². The molecule has 0 radical (unpaired) electrons. The van der Waals surface area contributed by atoms with Crippen LogP contribution in [0.2, 0.25) is 0 Å². The van der Waals surface area contributed by atoms with Crippen LogP contribution >= 0.6 is 0 Å². The van der Waals surface area contributed by atoms with Gasteiger partial charge in [-0.15, -0.1) is 0 Å². The van der Waals surface area contributed by atoms with Crippen molar-refractivity contribution in [1.29, 1.82) is 0 Å². The molecule has 2 aromatic rings. The van der Waals surface area contributed by atoms with Crippen LogP contribution in [-0.2, 0) is 0 Å². The van der Waals surface area contributed by atoms with E-state index in [4.69, 9.17) is 4.99 Å². The summed E-state index contributed by atoms with van der Waals surface area (Å²) in [7, 11) is 0. The van der Waals surface area contributed by atoms with E-state index in [-0.39, 0.29) is 0 Å². The largest absolute Gasteiger partial charge is 0.293 e. The van der Waals surface area contributed by atoms with E-state index in [2.05, 4.69) is 69.5 Å². The van der Waals surface area contributed by atoms with Crippen LogP contribution in [-0.4, -0.2) is 12.8 Å². The lowest BCUT2D eigenvalue weighted by molar-refractivity contribution is 0.810. The van der Waals surface area contributed by atoms with Crippen LogP contribution in [0.4, 0.5) is 0 Å². The molecule has 0 atom stereocenters. The zero-order valence-electron chi connectivity index (χ0n) is 14.4. The Hall–Kier alpha value is -2.15. The zero-order valence-corrected chi connectivity index (χ0v) is 14.4. The molecule has 0 aliphatic heterocycles. The molecule has 0 N–H and O–H groups in total. The van der Waals surface area contributed by atoms with Crippen molar-refractivity contribution in [3.8, 4) is 0 Å². The van der Waals surface area contributed by atoms with Crippen molar-refractivity contribution in [2.75, 3.05) is 6.54 Å². The van der Waals surface area contributed by atoms with Gasteiger partial charge in [0.2, 0.25) is 0 Å². The molecule has 1 heteroatoms. The SMILES string of the molecule is CCCCN=Cc1c(C2=C(C)C(C)=CC2)ccc2ccccc12. The summed E-state index contributed by atoms with van der Waals surface area (Å²) >= 11 is 0. The van der Waals surface area contributed by atoms with Gasteiger partial charge in [0.25, 0.3) is 0 Å². The Kier molecular flexibility index (Phi) is 4.76. The van der Waals surface area contributed by atoms with Crippen molar-refractivity contribution >= 4 is 22.6 Å². The van der Waals surface area contributed by atoms with Crippen molar-refractivity contribution in [2.24, 2.45) is 4.99 Å². The second kappa shape index (κ2) is 6.95. The summed E-state index contributed by atoms with van der Waals surface area (Å²) in [5, 5.41) is 2.59. The molecule has 0 heterocycles. The number of hydrogen-bond acceptors (Lipinski definition) is 1. The second-order valence-corrected chi connectivity index (χ2v) is 6.33. The maximum atomic E-state index is 4.69. The molecule has 0 spiro atoms. The van der Waals surface area contributed by atoms with E-state index in [1.807, 2.05) is 0 Å². The summed E-state index contributed by atoms with van der Waals surface area (Å²) in [5.41, 5.74) is 6.89. The summed E-state index contributed by atoms with van der Waals surface area (Å²) in [6.07, 6.45) is 7.80. The van der Waals surface area contributed by atoms with Gasteiger partial charge in [0.1, 0.15) is 0 Å². The fourth-order valence-electron chi connectivity index (χ4n) is 3.21. The van der Waals surface area contributed by atoms with Gasteiger partial charge in [-0.3, -0.25) is 4.99 Å². The van der Waals surface area contributed by atoms with Crippen LogP contribution in [0.3, 0.4) is 0 Å². The molecule has 0 fully saturated rings. The first-order valence-electron chi connectivity index (χ1n) is 8.61. The number of fused-ring (bicyclic) bond motifs is 1. The maximum Gasteiger partial charge on any atom is 0.0389 e. The van der Waals surface area contributed by atoms with Gasteiger partial charge in [0.05, 0.1) is 0 Å². The minimum absolute atomic E-state index is 0.911. The third kappa shape index (κ3) is 3.14. The molecule has 1 aliphatic rings. The van der Waals surface area contributed by atoms with Crippen LogP contribution < -0.4 is 0 Å². The van der Waals surface area contributed by atoms with Gasteiger partial charge >= 0.3 is 0 Å². The standard InChI is InChI=1S/C22H25N/c1-4-5-14-23-15-22-20-9-7-6-8-18(20)11-13-21(22)19-12-10-16(2)17(19)3/h6-11,13,15H,4-5,12,14H2,1-3H3. The van der Waals surface area contributed by atoms with Crippen LogP contribution in [0, 0.1) is 0 Å². The minimum Gasteiger partial charge on any atom is -0.293 e. The minimum atomic E-state index is 0.911. The molecule has 118 valence electrons. The van der Waals surface area contributed by atoms with Gasteiger partial charge in [0, 0.05) is 18.3 Å². The third-order valence-corrected chi connectivity index (χ3v) is 4.81. The summed E-state index contributed by atoms with van der Waals surface area (Å²) < 4.78 is 0. The average Bonchev–Trinajstić information content (AvgIpc) is 2.91. The van der Waals surface area contributed by atoms with Crippen LogP contribution in [0.25, 0.3) is 16.3 Å². The van der Waals surface area contributed by atoms with Crippen molar-refractivity contribution < 1.29 is 0 Å². The Morgan fingerprint density at radius 2 is 1.91 bits per heavy atom. The predicted octanol–water partition coefficient (Wildman–Crippen LogP) is 6.18. The number of aliphatic imine (C=N–C) groups is 1. The molecular weight excluding hydrogens is 278 g/mol. The Labute approximate surface area is 139 Å². The lowest BCUT2D eigenvalue weighted by Crippen LogP contribution is -1.96. The third-order valence-electron chi connectivity index (χ3n) is 4.81. The topological polar surface area (TPSA) is 12.4 Å². The number of benzene rings is 2. The Morgan fingerprint density at radius 1 is 1.09 bits per heavy atom. The molecule has 2 aromatic carbocycles. The van der Waals surface area contributed by atoms with E-state index >= 15 is 0 Å². The van der Waals surface area contributed by atoms with E-state index in [1.165, 1.54) is 45.0 Å². The van der Waals surface area contributed by atoms with E-state index < -0.39 is 0 Å². The molecule has 0 saturated heterocycles. The highest BCUT2D eigenvalue weighted by Crippen LogP contribution is 2.36. The fraction of sp³-hybridized carbons (Fsp3) is 0.318. The number of rotatable bonds is 5. The smallest absolute Gasteiger partial charge is 0.0389 e. The first-order chi connectivity index (χ1) is 11.2. The molecular formula is C22H25N. The lowest BCUT2D eigenvalue weighted by Gasteiger charge is -2.13. The van der Waals surface area contributed by atoms with Crippen molar-refractivity contribution in [2.45, 2.75) is 40.0 Å². The van der Waals surface area contributed by atoms with Crippen molar-refractivity contribution in [3.05, 3.63) is 64.7 Å². The van der Waals surface area contributed by atoms with E-state index in [1.54, 1.807) is 0 Å². The molecule has 3 rings (SSSR count). The second-order valence-electron chi connectivity index (χ2n) is 6.33. The lowest BCUT2D eigenvalue weighted by atomic mass is 9.92. The van der Waals surface area contributed by atoms with Gasteiger partial charge < -0.3 is 0 Å². The first kappa shape index (κ1) is 15.7. The summed E-state index contributed by atoms with van der Waals surface area (Å²) in [6.45, 7) is 7.56. The van der Waals surface area contributed by atoms with Crippen LogP contribution in [0.5, 0.6) is 0 Å². The van der Waals surface area contributed by atoms with Gasteiger partial charge in [-0.25, -0.2) is 0 Å². The van der Waals surface area contributed by atoms with Crippen LogP contribution in [0.15, 0.2) is 58.6 Å². The number of unbranched alkanes of at least 4 members (excludes halogenated alkanes) is 1. The van der Waals surface area contributed by atoms with E-state index in [0.717, 1.165) is 19.4 Å². The normalized spacial score (nSPS) is 15.0. The maximum absolute atomic E-state index is 4.69. The monoisotopic (exact) mass is 303 g/mol. The molecule has 1 aliphatic carbocycles. The molecule has 0 unspecified atom stereocenters. The van der Waals surface area contributed by atoms with Gasteiger partial charge in [0.15, 0.2) is 0 Å².